The van der Waals surface area contributed by atoms with Crippen LogP contribution < -0.4 is 15.5 Å². The zero-order valence-electron chi connectivity index (χ0n) is 25.7. The number of piperazine rings is 1. The van der Waals surface area contributed by atoms with E-state index < -0.39 is 23.8 Å². The smallest absolute Gasteiger partial charge is 0.255 e. The number of fused-ring (bicyclic) bond motifs is 1. The Morgan fingerprint density at radius 1 is 1.09 bits per heavy atom. The summed E-state index contributed by atoms with van der Waals surface area (Å²) in [5.74, 6) is 0.00563. The summed E-state index contributed by atoms with van der Waals surface area (Å²) in [5.41, 5.74) is 2.65. The zero-order valence-corrected chi connectivity index (χ0v) is 26.5. The third-order valence-electron chi connectivity index (χ3n) is 8.82. The van der Waals surface area contributed by atoms with Gasteiger partial charge < -0.3 is 30.1 Å². The van der Waals surface area contributed by atoms with Crippen molar-refractivity contribution in [2.75, 3.05) is 56.7 Å². The van der Waals surface area contributed by atoms with Crippen molar-refractivity contribution in [1.29, 1.82) is 0 Å². The summed E-state index contributed by atoms with van der Waals surface area (Å²) in [6.45, 7) is 8.41. The van der Waals surface area contributed by atoms with E-state index in [0.29, 0.717) is 46.8 Å². The molecule has 5 heterocycles. The molecule has 3 aliphatic rings. The number of aromatic nitrogens is 3. The number of hydrogen-bond donors (Lipinski definition) is 2. The van der Waals surface area contributed by atoms with E-state index in [1.807, 2.05) is 12.1 Å². The highest BCUT2D eigenvalue weighted by Gasteiger charge is 2.35. The lowest BCUT2D eigenvalue weighted by Crippen LogP contribution is -2.46. The average Bonchev–Trinajstić information content (AvgIpc) is 3.38. The number of benzene rings is 1. The van der Waals surface area contributed by atoms with Gasteiger partial charge in [-0.25, -0.2) is 19.3 Å². The molecule has 0 saturated carbocycles. The second kappa shape index (κ2) is 13.2. The number of rotatable bonds is 8. The second-order valence-electron chi connectivity index (χ2n) is 12.0. The Hall–Kier alpha value is -3.87. The minimum absolute atomic E-state index is 0.167. The second-order valence-corrected chi connectivity index (χ2v) is 12.4. The normalized spacial score (nSPS) is 18.9. The predicted octanol–water partition coefficient (Wildman–Crippen LogP) is 3.90. The third kappa shape index (κ3) is 6.73. The Morgan fingerprint density at radius 2 is 1.84 bits per heavy atom. The van der Waals surface area contributed by atoms with Crippen molar-refractivity contribution in [3.05, 3.63) is 64.2 Å². The topological polar surface area (TPSA) is 116 Å². The molecule has 0 bridgehead atoms. The predicted molar refractivity (Wildman–Crippen MR) is 170 cm³/mol. The van der Waals surface area contributed by atoms with E-state index in [1.54, 1.807) is 32.2 Å². The van der Waals surface area contributed by atoms with Gasteiger partial charge in [0.25, 0.3) is 5.91 Å². The maximum Gasteiger partial charge on any atom is 0.255 e. The Kier molecular flexibility index (Phi) is 9.16. The Labute approximate surface area is 267 Å². The summed E-state index contributed by atoms with van der Waals surface area (Å²) in [4.78, 5) is 46.3. The fourth-order valence-corrected chi connectivity index (χ4v) is 6.15. The maximum absolute atomic E-state index is 14.9. The van der Waals surface area contributed by atoms with Gasteiger partial charge in [-0.15, -0.1) is 0 Å². The van der Waals surface area contributed by atoms with Gasteiger partial charge in [-0.2, -0.15) is 0 Å². The molecule has 0 radical (unpaired) electrons. The summed E-state index contributed by atoms with van der Waals surface area (Å²) in [6, 6.07) is 7.30. The van der Waals surface area contributed by atoms with Gasteiger partial charge >= 0.3 is 0 Å². The molecule has 2 N–H and O–H groups in total. The number of likely N-dealkylation sites (N-methyl/N-ethyl adjacent to an activating group) is 1. The van der Waals surface area contributed by atoms with Crippen LogP contribution in [0.15, 0.2) is 36.5 Å². The summed E-state index contributed by atoms with van der Waals surface area (Å²) >= 11 is 6.49. The number of pyridine rings is 1. The first-order valence-corrected chi connectivity index (χ1v) is 15.8. The van der Waals surface area contributed by atoms with Crippen LogP contribution >= 0.6 is 11.6 Å². The van der Waals surface area contributed by atoms with Crippen LogP contribution in [-0.4, -0.2) is 95.1 Å². The molecule has 3 aromatic rings. The monoisotopic (exact) mass is 636 g/mol. The van der Waals surface area contributed by atoms with E-state index in [1.165, 1.54) is 11.0 Å². The highest BCUT2D eigenvalue weighted by atomic mass is 35.5. The largest absolute Gasteiger partial charge is 0.381 e. The average molecular weight is 637 g/mol. The van der Waals surface area contributed by atoms with Gasteiger partial charge in [0.1, 0.15) is 23.4 Å². The van der Waals surface area contributed by atoms with Crippen molar-refractivity contribution < 1.29 is 18.7 Å². The van der Waals surface area contributed by atoms with Crippen LogP contribution in [0.1, 0.15) is 54.3 Å². The van der Waals surface area contributed by atoms with Crippen LogP contribution in [0.5, 0.6) is 0 Å². The van der Waals surface area contributed by atoms with Gasteiger partial charge in [0.15, 0.2) is 0 Å². The standard InChI is InChI=1S/C32H38ClFN8O3/c1-19(28-26(34)6-7-27(38-28)41-12-10-40(3)11-13-41)36-30(43)20(2)42-18-22-5-4-21(16-24(22)31(42)44)29-25(33)17-35-32(39-29)37-23-8-14-45-15-9-23/h4-7,16-17,19-20,23H,8-15,18H2,1-3H3,(H,36,43)(H,35,37,39)/t19-,20-/m1/s1. The minimum Gasteiger partial charge on any atom is -0.381 e. The summed E-state index contributed by atoms with van der Waals surface area (Å²) in [5, 5.41) is 6.59. The molecule has 0 unspecified atom stereocenters. The van der Waals surface area contributed by atoms with E-state index in [-0.39, 0.29) is 24.2 Å². The van der Waals surface area contributed by atoms with Crippen molar-refractivity contribution in [3.63, 3.8) is 0 Å². The maximum atomic E-state index is 14.9. The van der Waals surface area contributed by atoms with Crippen molar-refractivity contribution in [2.45, 2.75) is 51.4 Å². The molecule has 11 nitrogen and oxygen atoms in total. The number of carbonyl (C=O) groups excluding carboxylic acids is 2. The Morgan fingerprint density at radius 3 is 2.60 bits per heavy atom. The number of hydrogen-bond acceptors (Lipinski definition) is 9. The van der Waals surface area contributed by atoms with E-state index in [0.717, 1.165) is 44.6 Å². The quantitative estimate of drug-likeness (QED) is 0.380. The van der Waals surface area contributed by atoms with Crippen molar-refractivity contribution in [1.82, 2.24) is 30.1 Å². The molecule has 238 valence electrons. The molecule has 13 heteroatoms. The first-order valence-electron chi connectivity index (χ1n) is 15.4. The van der Waals surface area contributed by atoms with E-state index in [2.05, 4.69) is 42.4 Å². The molecular weight excluding hydrogens is 599 g/mol. The highest BCUT2D eigenvalue weighted by Crippen LogP contribution is 2.33. The number of nitrogens with zero attached hydrogens (tertiary/aromatic N) is 6. The van der Waals surface area contributed by atoms with Crippen LogP contribution in [0, 0.1) is 5.82 Å². The van der Waals surface area contributed by atoms with Gasteiger partial charge in [-0.3, -0.25) is 9.59 Å². The van der Waals surface area contributed by atoms with E-state index in [4.69, 9.17) is 16.3 Å². The number of amides is 2. The number of halogens is 2. The van der Waals surface area contributed by atoms with Crippen LogP contribution in [0.25, 0.3) is 11.3 Å². The van der Waals surface area contributed by atoms with Crippen molar-refractivity contribution >= 4 is 35.2 Å². The first-order chi connectivity index (χ1) is 21.7. The first kappa shape index (κ1) is 31.1. The van der Waals surface area contributed by atoms with Gasteiger partial charge in [-0.05, 0) is 57.5 Å². The number of anilines is 2. The van der Waals surface area contributed by atoms with Crippen molar-refractivity contribution in [3.8, 4) is 11.3 Å². The van der Waals surface area contributed by atoms with Gasteiger partial charge in [0, 0.05) is 63.1 Å². The van der Waals surface area contributed by atoms with Crippen LogP contribution in [0.3, 0.4) is 0 Å². The number of carbonyl (C=O) groups is 2. The molecule has 0 aliphatic carbocycles. The molecular formula is C32H38ClFN8O3. The molecule has 6 rings (SSSR count). The lowest BCUT2D eigenvalue weighted by molar-refractivity contribution is -0.125. The van der Waals surface area contributed by atoms with Crippen molar-refractivity contribution in [2.24, 2.45) is 0 Å². The Balaban J connectivity index is 1.13. The lowest BCUT2D eigenvalue weighted by atomic mass is 10.0. The van der Waals surface area contributed by atoms with Crippen LogP contribution in [0.4, 0.5) is 16.2 Å². The fraction of sp³-hybridized carbons (Fsp3) is 0.469. The molecule has 1 aromatic carbocycles. The molecule has 2 saturated heterocycles. The Bertz CT molecular complexity index is 1580. The zero-order chi connectivity index (χ0) is 31.7. The summed E-state index contributed by atoms with van der Waals surface area (Å²) < 4.78 is 20.3. The molecule has 3 aliphatic heterocycles. The summed E-state index contributed by atoms with van der Waals surface area (Å²) in [7, 11) is 2.07. The lowest BCUT2D eigenvalue weighted by Gasteiger charge is -2.33. The van der Waals surface area contributed by atoms with E-state index in [9.17, 15) is 14.0 Å². The van der Waals surface area contributed by atoms with Gasteiger partial charge in [0.05, 0.1) is 23.0 Å². The molecule has 2 aromatic heterocycles. The molecule has 0 spiro atoms. The molecule has 2 atom stereocenters. The number of ether oxygens (including phenoxy) is 1. The van der Waals surface area contributed by atoms with Crippen LogP contribution in [-0.2, 0) is 16.1 Å². The molecule has 45 heavy (non-hydrogen) atoms. The SMILES string of the molecule is C[C@H](C(=O)N[C@H](C)c1nc(N2CCN(C)CC2)ccc1F)N1Cc2ccc(-c3nc(NC4CCOCC4)ncc3Cl)cc2C1=O. The number of nitrogens with one attached hydrogen (secondary N) is 2. The van der Waals surface area contributed by atoms with Gasteiger partial charge in [-0.1, -0.05) is 23.7 Å². The highest BCUT2D eigenvalue weighted by molar-refractivity contribution is 6.33. The van der Waals surface area contributed by atoms with Crippen LogP contribution in [0.2, 0.25) is 5.02 Å². The third-order valence-corrected chi connectivity index (χ3v) is 9.09. The van der Waals surface area contributed by atoms with E-state index >= 15 is 0 Å². The minimum atomic E-state index is -0.794. The summed E-state index contributed by atoms with van der Waals surface area (Å²) in [6.07, 6.45) is 3.28. The van der Waals surface area contributed by atoms with Gasteiger partial charge in [0.2, 0.25) is 11.9 Å². The fourth-order valence-electron chi connectivity index (χ4n) is 5.95. The molecule has 2 amide bonds. The molecule has 2 fully saturated rings.